The average molecular weight is 304 g/mol. The largest absolute Gasteiger partial charge is 0.345 e. The Balaban J connectivity index is 2.05. The second-order valence-corrected chi connectivity index (χ2v) is 5.48. The minimum Gasteiger partial charge on any atom is -0.345 e. The van der Waals surface area contributed by atoms with Crippen molar-refractivity contribution in [3.63, 3.8) is 0 Å². The van der Waals surface area contributed by atoms with E-state index >= 15 is 0 Å². The molecule has 0 aliphatic heterocycles. The Morgan fingerprint density at radius 1 is 1.62 bits per heavy atom. The number of hydrogen-bond acceptors (Lipinski definition) is 4. The van der Waals surface area contributed by atoms with Crippen LogP contribution in [0.25, 0.3) is 0 Å². The van der Waals surface area contributed by atoms with Gasteiger partial charge >= 0.3 is 0 Å². The normalized spacial score (nSPS) is 17.1. The van der Waals surface area contributed by atoms with E-state index in [9.17, 15) is 4.79 Å². The number of alkyl halides is 1. The standard InChI is InChI=1S/C10H14BrN3OS/c1-2-3-7-8(16-14-13-7)9(15)12-10(6-11)4-5-10/h2-6H2,1H3,(H,12,15). The van der Waals surface area contributed by atoms with E-state index in [-0.39, 0.29) is 11.4 Å². The van der Waals surface area contributed by atoms with Gasteiger partial charge in [-0.2, -0.15) is 0 Å². The molecule has 1 amide bonds. The van der Waals surface area contributed by atoms with Crippen LogP contribution in [0.5, 0.6) is 0 Å². The molecule has 0 atom stereocenters. The molecule has 0 unspecified atom stereocenters. The van der Waals surface area contributed by atoms with Crippen LogP contribution >= 0.6 is 27.5 Å². The molecule has 6 heteroatoms. The molecule has 0 aromatic carbocycles. The molecule has 1 N–H and O–H groups in total. The smallest absolute Gasteiger partial charge is 0.265 e. The summed E-state index contributed by atoms with van der Waals surface area (Å²) in [5, 5.41) is 7.88. The second-order valence-electron chi connectivity index (χ2n) is 4.17. The first-order chi connectivity index (χ1) is 7.71. The van der Waals surface area contributed by atoms with E-state index < -0.39 is 0 Å². The van der Waals surface area contributed by atoms with Gasteiger partial charge in [-0.3, -0.25) is 4.79 Å². The predicted molar refractivity (Wildman–Crippen MR) is 67.1 cm³/mol. The van der Waals surface area contributed by atoms with Crippen molar-refractivity contribution in [2.24, 2.45) is 0 Å². The summed E-state index contributed by atoms with van der Waals surface area (Å²) in [5.74, 6) is -0.0181. The molecular formula is C10H14BrN3OS. The van der Waals surface area contributed by atoms with Gasteiger partial charge in [0.15, 0.2) is 0 Å². The van der Waals surface area contributed by atoms with Crippen molar-refractivity contribution in [2.75, 3.05) is 5.33 Å². The minimum absolute atomic E-state index is 0.00937. The summed E-state index contributed by atoms with van der Waals surface area (Å²) in [6, 6.07) is 0. The lowest BCUT2D eigenvalue weighted by atomic mass is 10.2. The van der Waals surface area contributed by atoms with E-state index in [0.717, 1.165) is 36.7 Å². The maximum absolute atomic E-state index is 12.0. The van der Waals surface area contributed by atoms with Crippen molar-refractivity contribution in [3.8, 4) is 0 Å². The van der Waals surface area contributed by atoms with E-state index in [1.165, 1.54) is 11.5 Å². The first-order valence-electron chi connectivity index (χ1n) is 5.40. The van der Waals surface area contributed by atoms with Crippen LogP contribution in [0.2, 0.25) is 0 Å². The monoisotopic (exact) mass is 303 g/mol. The lowest BCUT2D eigenvalue weighted by Crippen LogP contribution is -2.38. The fraction of sp³-hybridized carbons (Fsp3) is 0.700. The van der Waals surface area contributed by atoms with Crippen LogP contribution in [-0.4, -0.2) is 26.4 Å². The highest BCUT2D eigenvalue weighted by molar-refractivity contribution is 9.09. The molecular weight excluding hydrogens is 290 g/mol. The maximum atomic E-state index is 12.0. The topological polar surface area (TPSA) is 54.9 Å². The van der Waals surface area contributed by atoms with Gasteiger partial charge < -0.3 is 5.32 Å². The average Bonchev–Trinajstić information content (AvgIpc) is 2.88. The lowest BCUT2D eigenvalue weighted by Gasteiger charge is -2.13. The van der Waals surface area contributed by atoms with Gasteiger partial charge in [0.2, 0.25) is 0 Å². The van der Waals surface area contributed by atoms with Crippen LogP contribution in [0, 0.1) is 0 Å². The number of amides is 1. The molecule has 1 saturated carbocycles. The minimum atomic E-state index is -0.0181. The van der Waals surface area contributed by atoms with Crippen molar-refractivity contribution in [1.82, 2.24) is 14.9 Å². The Hall–Kier alpha value is -0.490. The molecule has 88 valence electrons. The molecule has 0 radical (unpaired) electrons. The molecule has 1 aromatic rings. The molecule has 1 aliphatic carbocycles. The zero-order chi connectivity index (χ0) is 11.6. The molecule has 4 nitrogen and oxygen atoms in total. The first kappa shape index (κ1) is 12.0. The van der Waals surface area contributed by atoms with Crippen LogP contribution in [0.1, 0.15) is 41.6 Å². The van der Waals surface area contributed by atoms with Gasteiger partial charge in [0, 0.05) is 5.33 Å². The zero-order valence-electron chi connectivity index (χ0n) is 9.12. The van der Waals surface area contributed by atoms with E-state index in [2.05, 4.69) is 37.8 Å². The summed E-state index contributed by atoms with van der Waals surface area (Å²) in [4.78, 5) is 12.7. The third-order valence-electron chi connectivity index (χ3n) is 2.74. The van der Waals surface area contributed by atoms with Gasteiger partial charge in [0.1, 0.15) is 4.88 Å². The van der Waals surface area contributed by atoms with E-state index in [0.29, 0.717) is 4.88 Å². The van der Waals surface area contributed by atoms with Gasteiger partial charge in [0.05, 0.1) is 11.2 Å². The summed E-state index contributed by atoms with van der Waals surface area (Å²) in [7, 11) is 0. The number of carbonyl (C=O) groups excluding carboxylic acids is 1. The van der Waals surface area contributed by atoms with Crippen LogP contribution in [0.15, 0.2) is 0 Å². The number of rotatable bonds is 5. The van der Waals surface area contributed by atoms with Crippen LogP contribution in [0.3, 0.4) is 0 Å². The quantitative estimate of drug-likeness (QED) is 0.848. The number of nitrogens with zero attached hydrogens (tertiary/aromatic N) is 2. The Labute approximate surface area is 107 Å². The summed E-state index contributed by atoms with van der Waals surface area (Å²) < 4.78 is 3.86. The zero-order valence-corrected chi connectivity index (χ0v) is 11.5. The molecule has 1 aromatic heterocycles. The van der Waals surface area contributed by atoms with Crippen molar-refractivity contribution < 1.29 is 4.79 Å². The van der Waals surface area contributed by atoms with Crippen molar-refractivity contribution in [3.05, 3.63) is 10.6 Å². The summed E-state index contributed by atoms with van der Waals surface area (Å²) >= 11 is 4.62. The molecule has 0 bridgehead atoms. The number of hydrogen-bond donors (Lipinski definition) is 1. The fourth-order valence-electron chi connectivity index (χ4n) is 1.52. The van der Waals surface area contributed by atoms with Crippen LogP contribution in [-0.2, 0) is 6.42 Å². The molecule has 2 rings (SSSR count). The van der Waals surface area contributed by atoms with Crippen LogP contribution < -0.4 is 5.32 Å². The Bertz CT molecular complexity index is 389. The first-order valence-corrected chi connectivity index (χ1v) is 7.30. The van der Waals surface area contributed by atoms with Gasteiger partial charge in [0.25, 0.3) is 5.91 Å². The third-order valence-corrected chi connectivity index (χ3v) is 4.58. The van der Waals surface area contributed by atoms with E-state index in [1.54, 1.807) is 0 Å². The van der Waals surface area contributed by atoms with Crippen molar-refractivity contribution in [2.45, 2.75) is 38.1 Å². The van der Waals surface area contributed by atoms with Gasteiger partial charge in [-0.25, -0.2) is 0 Å². The fourth-order valence-corrected chi connectivity index (χ4v) is 2.83. The highest BCUT2D eigenvalue weighted by Gasteiger charge is 2.43. The molecule has 16 heavy (non-hydrogen) atoms. The van der Waals surface area contributed by atoms with Gasteiger partial charge in [-0.1, -0.05) is 33.8 Å². The predicted octanol–water partition coefficient (Wildman–Crippen LogP) is 2.15. The molecule has 1 fully saturated rings. The van der Waals surface area contributed by atoms with Crippen LogP contribution in [0.4, 0.5) is 0 Å². The molecule has 0 saturated heterocycles. The Morgan fingerprint density at radius 3 is 2.94 bits per heavy atom. The third kappa shape index (κ3) is 2.43. The highest BCUT2D eigenvalue weighted by Crippen LogP contribution is 2.37. The highest BCUT2D eigenvalue weighted by atomic mass is 79.9. The lowest BCUT2D eigenvalue weighted by molar-refractivity contribution is 0.0939. The maximum Gasteiger partial charge on any atom is 0.265 e. The second kappa shape index (κ2) is 4.79. The Morgan fingerprint density at radius 2 is 2.38 bits per heavy atom. The molecule has 1 aliphatic rings. The number of halogens is 1. The van der Waals surface area contributed by atoms with E-state index in [4.69, 9.17) is 0 Å². The summed E-state index contributed by atoms with van der Waals surface area (Å²) in [6.07, 6.45) is 3.91. The number of nitrogens with one attached hydrogen (secondary N) is 1. The Kier molecular flexibility index (Phi) is 3.59. The number of aryl methyl sites for hydroxylation is 1. The summed E-state index contributed by atoms with van der Waals surface area (Å²) in [5.41, 5.74) is 0.820. The van der Waals surface area contributed by atoms with Gasteiger partial charge in [-0.05, 0) is 30.8 Å². The van der Waals surface area contributed by atoms with Crippen molar-refractivity contribution in [1.29, 1.82) is 0 Å². The van der Waals surface area contributed by atoms with E-state index in [1.807, 2.05) is 0 Å². The molecule has 0 spiro atoms. The SMILES string of the molecule is CCCc1nnsc1C(=O)NC1(CBr)CC1. The summed E-state index contributed by atoms with van der Waals surface area (Å²) in [6.45, 7) is 2.07. The molecule has 1 heterocycles. The number of aromatic nitrogens is 2. The van der Waals surface area contributed by atoms with Gasteiger partial charge in [-0.15, -0.1) is 5.10 Å². The number of carbonyl (C=O) groups is 1. The van der Waals surface area contributed by atoms with Crippen molar-refractivity contribution >= 4 is 33.4 Å².